The summed E-state index contributed by atoms with van der Waals surface area (Å²) in [5.41, 5.74) is 0.636. The molecule has 1 aromatic carbocycles. The Balaban J connectivity index is 2.42. The minimum Gasteiger partial charge on any atom is -0.493 e. The zero-order valence-corrected chi connectivity index (χ0v) is 10.00. The van der Waals surface area contributed by atoms with E-state index in [9.17, 15) is 10.2 Å². The predicted octanol–water partition coefficient (Wildman–Crippen LogP) is 2.34. The molecule has 1 aromatic heterocycles. The number of nitrogens with zero attached hydrogens (tertiary/aromatic N) is 2. The maximum absolute atomic E-state index is 9.37. The third kappa shape index (κ3) is 2.68. The maximum atomic E-state index is 9.37. The summed E-state index contributed by atoms with van der Waals surface area (Å²) in [6.45, 7) is 2.60. The van der Waals surface area contributed by atoms with Gasteiger partial charge in [-0.15, -0.1) is 0 Å². The second kappa shape index (κ2) is 5.35. The second-order valence-corrected chi connectivity index (χ2v) is 3.75. The summed E-state index contributed by atoms with van der Waals surface area (Å²) in [5.74, 6) is 0.314. The zero-order chi connectivity index (χ0) is 13.0. The molecule has 0 radical (unpaired) electrons. The maximum Gasteiger partial charge on any atom is 0.218 e. The predicted molar refractivity (Wildman–Crippen MR) is 66.6 cm³/mol. The summed E-state index contributed by atoms with van der Waals surface area (Å²) in [7, 11) is 0. The van der Waals surface area contributed by atoms with Crippen molar-refractivity contribution in [3.8, 4) is 28.9 Å². The van der Waals surface area contributed by atoms with Crippen molar-refractivity contribution in [1.82, 2.24) is 9.97 Å². The molecule has 2 rings (SSSR count). The highest BCUT2D eigenvalue weighted by Gasteiger charge is 2.10. The van der Waals surface area contributed by atoms with E-state index in [-0.39, 0.29) is 17.6 Å². The monoisotopic (exact) mass is 246 g/mol. The van der Waals surface area contributed by atoms with Gasteiger partial charge in [0.1, 0.15) is 5.75 Å². The Morgan fingerprint density at radius 2 is 1.78 bits per heavy atom. The van der Waals surface area contributed by atoms with Crippen LogP contribution in [-0.2, 0) is 0 Å². The number of hydrogen-bond donors (Lipinski definition) is 2. The van der Waals surface area contributed by atoms with Crippen LogP contribution in [0, 0.1) is 0 Å². The first-order valence-electron chi connectivity index (χ1n) is 5.70. The molecule has 0 fully saturated rings. The van der Waals surface area contributed by atoms with E-state index in [1.165, 1.54) is 0 Å². The Kier molecular flexibility index (Phi) is 3.62. The van der Waals surface area contributed by atoms with Crippen LogP contribution in [0.4, 0.5) is 0 Å². The lowest BCUT2D eigenvalue weighted by Gasteiger charge is -2.09. The minimum absolute atomic E-state index is 0.235. The Labute approximate surface area is 105 Å². The first-order valence-corrected chi connectivity index (χ1v) is 5.70. The van der Waals surface area contributed by atoms with Gasteiger partial charge < -0.3 is 14.9 Å². The lowest BCUT2D eigenvalue weighted by atomic mass is 10.2. The molecule has 0 atom stereocenters. The summed E-state index contributed by atoms with van der Waals surface area (Å²) in [4.78, 5) is 7.75. The van der Waals surface area contributed by atoms with Crippen LogP contribution in [0.5, 0.6) is 17.5 Å². The summed E-state index contributed by atoms with van der Waals surface area (Å²) >= 11 is 0. The van der Waals surface area contributed by atoms with Crippen molar-refractivity contribution in [2.75, 3.05) is 6.61 Å². The van der Waals surface area contributed by atoms with Gasteiger partial charge in [-0.25, -0.2) is 0 Å². The van der Waals surface area contributed by atoms with Crippen LogP contribution in [0.25, 0.3) is 11.4 Å². The smallest absolute Gasteiger partial charge is 0.218 e. The Bertz CT molecular complexity index is 523. The number of aromatic hydroxyl groups is 2. The highest BCUT2D eigenvalue weighted by Crippen LogP contribution is 2.29. The van der Waals surface area contributed by atoms with Crippen molar-refractivity contribution < 1.29 is 14.9 Å². The van der Waals surface area contributed by atoms with Gasteiger partial charge in [0.05, 0.1) is 18.2 Å². The molecule has 0 amide bonds. The van der Waals surface area contributed by atoms with E-state index in [2.05, 4.69) is 9.97 Å². The van der Waals surface area contributed by atoms with Gasteiger partial charge >= 0.3 is 0 Å². The van der Waals surface area contributed by atoms with E-state index in [0.29, 0.717) is 17.9 Å². The summed E-state index contributed by atoms with van der Waals surface area (Å²) < 4.78 is 5.58. The van der Waals surface area contributed by atoms with E-state index in [1.807, 2.05) is 19.1 Å². The van der Waals surface area contributed by atoms with Crippen molar-refractivity contribution in [2.45, 2.75) is 13.3 Å². The fourth-order valence-electron chi connectivity index (χ4n) is 1.53. The van der Waals surface area contributed by atoms with E-state index >= 15 is 0 Å². The van der Waals surface area contributed by atoms with Gasteiger partial charge in [-0.05, 0) is 18.6 Å². The van der Waals surface area contributed by atoms with Crippen LogP contribution >= 0.6 is 0 Å². The molecule has 0 spiro atoms. The summed E-state index contributed by atoms with van der Waals surface area (Å²) in [5, 5.41) is 18.7. The molecule has 2 aromatic rings. The summed E-state index contributed by atoms with van der Waals surface area (Å²) in [6.07, 6.45) is 0.889. The number of benzene rings is 1. The lowest BCUT2D eigenvalue weighted by molar-refractivity contribution is 0.318. The van der Waals surface area contributed by atoms with Gasteiger partial charge in [0, 0.05) is 0 Å². The minimum atomic E-state index is -0.275. The number of rotatable bonds is 4. The first-order chi connectivity index (χ1) is 8.70. The quantitative estimate of drug-likeness (QED) is 0.866. The molecule has 0 aliphatic rings. The van der Waals surface area contributed by atoms with Gasteiger partial charge in [0.15, 0.2) is 5.82 Å². The number of ether oxygens (including phenoxy) is 1. The van der Waals surface area contributed by atoms with Gasteiger partial charge in [-0.2, -0.15) is 9.97 Å². The fraction of sp³-hybridized carbons (Fsp3) is 0.231. The average molecular weight is 246 g/mol. The van der Waals surface area contributed by atoms with Crippen LogP contribution in [0.3, 0.4) is 0 Å². The van der Waals surface area contributed by atoms with Crippen LogP contribution < -0.4 is 4.74 Å². The lowest BCUT2D eigenvalue weighted by Crippen LogP contribution is -1.98. The van der Waals surface area contributed by atoms with Gasteiger partial charge in [0.25, 0.3) is 0 Å². The van der Waals surface area contributed by atoms with E-state index in [4.69, 9.17) is 4.74 Å². The van der Waals surface area contributed by atoms with Gasteiger partial charge in [-0.3, -0.25) is 0 Å². The Morgan fingerprint density at radius 3 is 2.44 bits per heavy atom. The highest BCUT2D eigenvalue weighted by atomic mass is 16.5. The van der Waals surface area contributed by atoms with E-state index < -0.39 is 0 Å². The third-order valence-electron chi connectivity index (χ3n) is 2.29. The van der Waals surface area contributed by atoms with Gasteiger partial charge in [-0.1, -0.05) is 19.1 Å². The third-order valence-corrected chi connectivity index (χ3v) is 2.29. The van der Waals surface area contributed by atoms with Crippen LogP contribution in [0.2, 0.25) is 0 Å². The largest absolute Gasteiger partial charge is 0.493 e. The number of hydrogen-bond acceptors (Lipinski definition) is 5. The number of para-hydroxylation sites is 1. The van der Waals surface area contributed by atoms with Gasteiger partial charge in [0.2, 0.25) is 11.8 Å². The molecule has 2 N–H and O–H groups in total. The second-order valence-electron chi connectivity index (χ2n) is 3.75. The molecule has 1 heterocycles. The molecule has 0 unspecified atom stereocenters. The Hall–Kier alpha value is -2.30. The van der Waals surface area contributed by atoms with Crippen LogP contribution in [0.15, 0.2) is 30.3 Å². The molecule has 94 valence electrons. The molecule has 0 saturated heterocycles. The van der Waals surface area contributed by atoms with Crippen molar-refractivity contribution in [1.29, 1.82) is 0 Å². The number of aromatic nitrogens is 2. The highest BCUT2D eigenvalue weighted by molar-refractivity contribution is 5.64. The van der Waals surface area contributed by atoms with E-state index in [0.717, 1.165) is 12.5 Å². The molecule has 0 aliphatic heterocycles. The molecule has 0 saturated carbocycles. The normalized spacial score (nSPS) is 10.3. The molecule has 0 aliphatic carbocycles. The van der Waals surface area contributed by atoms with Crippen molar-refractivity contribution in [3.05, 3.63) is 30.3 Å². The molecular formula is C13H14N2O3. The zero-order valence-electron chi connectivity index (χ0n) is 10.00. The van der Waals surface area contributed by atoms with Crippen molar-refractivity contribution in [2.24, 2.45) is 0 Å². The molecule has 18 heavy (non-hydrogen) atoms. The molecule has 0 bridgehead atoms. The topological polar surface area (TPSA) is 75.5 Å². The van der Waals surface area contributed by atoms with Crippen LogP contribution in [0.1, 0.15) is 13.3 Å². The molecule has 5 nitrogen and oxygen atoms in total. The van der Waals surface area contributed by atoms with E-state index in [1.54, 1.807) is 12.1 Å². The average Bonchev–Trinajstić information content (AvgIpc) is 2.35. The Morgan fingerprint density at radius 1 is 1.11 bits per heavy atom. The SMILES string of the molecule is CCCOc1ccccc1-c1nc(O)cc(O)n1. The first kappa shape index (κ1) is 12.2. The van der Waals surface area contributed by atoms with Crippen LogP contribution in [-0.4, -0.2) is 26.8 Å². The molecular weight excluding hydrogens is 232 g/mol. The van der Waals surface area contributed by atoms with Crippen molar-refractivity contribution in [3.63, 3.8) is 0 Å². The standard InChI is InChI=1S/C13H14N2O3/c1-2-7-18-10-6-4-3-5-9(10)13-14-11(16)8-12(17)15-13/h3-6,8H,2,7H2,1H3,(H2,14,15,16,17). The summed E-state index contributed by atoms with van der Waals surface area (Å²) in [6, 6.07) is 8.32. The van der Waals surface area contributed by atoms with Crippen molar-refractivity contribution >= 4 is 0 Å². The molecule has 5 heteroatoms. The fourth-order valence-corrected chi connectivity index (χ4v) is 1.53.